The Kier molecular flexibility index (Phi) is 4.32. The summed E-state index contributed by atoms with van der Waals surface area (Å²) in [6, 6.07) is 9.99. The Bertz CT molecular complexity index is 1230. The molecule has 3 amide bonds. The molecule has 4 atom stereocenters. The van der Waals surface area contributed by atoms with Crippen LogP contribution >= 0.6 is 11.6 Å². The number of imide groups is 1. The molecule has 1 spiro atoms. The van der Waals surface area contributed by atoms with E-state index in [1.54, 1.807) is 36.4 Å². The van der Waals surface area contributed by atoms with Crippen molar-refractivity contribution in [3.05, 3.63) is 47.0 Å². The molecule has 1 N–H and O–H groups in total. The fourth-order valence-electron chi connectivity index (χ4n) is 6.39. The highest BCUT2D eigenvalue weighted by Crippen LogP contribution is 2.61. The Morgan fingerprint density at radius 2 is 1.82 bits per heavy atom. The Morgan fingerprint density at radius 1 is 1.03 bits per heavy atom. The van der Waals surface area contributed by atoms with Crippen molar-refractivity contribution in [1.29, 1.82) is 0 Å². The van der Waals surface area contributed by atoms with E-state index in [2.05, 4.69) is 10.2 Å². The second-order valence-electron chi connectivity index (χ2n) is 8.87. The first-order valence-electron chi connectivity index (χ1n) is 10.9. The number of benzene rings is 2. The van der Waals surface area contributed by atoms with Crippen LogP contribution in [-0.4, -0.2) is 49.4 Å². The van der Waals surface area contributed by atoms with Gasteiger partial charge in [-0.2, -0.15) is 0 Å². The first-order chi connectivity index (χ1) is 15.9. The molecule has 4 heterocycles. The molecule has 33 heavy (non-hydrogen) atoms. The maximum atomic E-state index is 14.0. The summed E-state index contributed by atoms with van der Waals surface area (Å²) in [5.41, 5.74) is 0.473. The Hall–Kier alpha value is -3.10. The fourth-order valence-corrected chi connectivity index (χ4v) is 6.57. The van der Waals surface area contributed by atoms with Crippen LogP contribution in [0.5, 0.6) is 11.5 Å². The van der Waals surface area contributed by atoms with Crippen molar-refractivity contribution in [2.75, 3.05) is 31.0 Å². The SMILES string of the molecule is COc1ccc(N2C(=O)C3C4CCCN4C4(C(=O)Nc5ccc(Cl)cc54)C3C2=O)cc1OC. The average Bonchev–Trinajstić information content (AvgIpc) is 3.52. The highest BCUT2D eigenvalue weighted by atomic mass is 35.5. The van der Waals surface area contributed by atoms with Crippen LogP contribution in [0.15, 0.2) is 36.4 Å². The van der Waals surface area contributed by atoms with Crippen LogP contribution in [0, 0.1) is 11.8 Å². The molecule has 3 saturated heterocycles. The van der Waals surface area contributed by atoms with E-state index in [0.29, 0.717) is 40.0 Å². The highest BCUT2D eigenvalue weighted by molar-refractivity contribution is 6.31. The van der Waals surface area contributed by atoms with E-state index in [1.165, 1.54) is 19.1 Å². The predicted molar refractivity (Wildman–Crippen MR) is 121 cm³/mol. The molecule has 0 aliphatic carbocycles. The van der Waals surface area contributed by atoms with Crippen LogP contribution in [0.1, 0.15) is 18.4 Å². The molecule has 0 bridgehead atoms. The van der Waals surface area contributed by atoms with Crippen LogP contribution in [0.3, 0.4) is 0 Å². The lowest BCUT2D eigenvalue weighted by Crippen LogP contribution is -2.54. The van der Waals surface area contributed by atoms with Crippen molar-refractivity contribution in [1.82, 2.24) is 4.90 Å². The summed E-state index contributed by atoms with van der Waals surface area (Å²) in [6.07, 6.45) is 1.61. The molecule has 3 fully saturated rings. The first-order valence-corrected chi connectivity index (χ1v) is 11.3. The molecule has 170 valence electrons. The van der Waals surface area contributed by atoms with E-state index in [4.69, 9.17) is 21.1 Å². The number of carbonyl (C=O) groups excluding carboxylic acids is 3. The largest absolute Gasteiger partial charge is 0.493 e. The Balaban J connectivity index is 1.52. The summed E-state index contributed by atoms with van der Waals surface area (Å²) in [5, 5.41) is 3.43. The molecule has 0 aromatic heterocycles. The highest BCUT2D eigenvalue weighted by Gasteiger charge is 2.74. The Morgan fingerprint density at radius 3 is 2.58 bits per heavy atom. The number of rotatable bonds is 3. The molecule has 6 rings (SSSR count). The standard InChI is InChI=1S/C24H22ClN3O5/c1-32-17-8-6-13(11-18(17)33-2)28-21(29)19-16-4-3-9-27(16)24(20(19)22(28)30)14-10-12(25)5-7-15(14)26-23(24)31/h5-8,10-11,16,19-20H,3-4,9H2,1-2H3,(H,26,31). The first kappa shape index (κ1) is 20.5. The molecule has 9 heteroatoms. The minimum atomic E-state index is -1.25. The predicted octanol–water partition coefficient (Wildman–Crippen LogP) is 2.79. The van der Waals surface area contributed by atoms with Crippen molar-refractivity contribution in [2.45, 2.75) is 24.4 Å². The van der Waals surface area contributed by atoms with E-state index < -0.39 is 17.4 Å². The van der Waals surface area contributed by atoms with Crippen molar-refractivity contribution in [3.8, 4) is 11.5 Å². The molecule has 0 saturated carbocycles. The second-order valence-corrected chi connectivity index (χ2v) is 9.30. The lowest BCUT2D eigenvalue weighted by molar-refractivity contribution is -0.135. The van der Waals surface area contributed by atoms with E-state index in [9.17, 15) is 14.4 Å². The summed E-state index contributed by atoms with van der Waals surface area (Å²) in [4.78, 5) is 44.6. The number of hydrogen-bond acceptors (Lipinski definition) is 6. The number of methoxy groups -OCH3 is 2. The second kappa shape index (κ2) is 6.95. The fraction of sp³-hybridized carbons (Fsp3) is 0.375. The minimum Gasteiger partial charge on any atom is -0.493 e. The van der Waals surface area contributed by atoms with Gasteiger partial charge in [-0.15, -0.1) is 0 Å². The molecule has 2 aromatic rings. The zero-order valence-electron chi connectivity index (χ0n) is 18.1. The number of ether oxygens (including phenoxy) is 2. The number of halogens is 1. The van der Waals surface area contributed by atoms with E-state index in [-0.39, 0.29) is 23.8 Å². The number of hydrogen-bond donors (Lipinski definition) is 1. The van der Waals surface area contributed by atoms with Gasteiger partial charge in [0.25, 0.3) is 0 Å². The van der Waals surface area contributed by atoms with E-state index in [1.807, 2.05) is 0 Å². The third-order valence-corrected chi connectivity index (χ3v) is 7.82. The number of fused-ring (bicyclic) bond motifs is 7. The molecule has 8 nitrogen and oxygen atoms in total. The van der Waals surface area contributed by atoms with Crippen LogP contribution in [-0.2, 0) is 19.9 Å². The summed E-state index contributed by atoms with van der Waals surface area (Å²) < 4.78 is 10.7. The smallest absolute Gasteiger partial charge is 0.250 e. The lowest BCUT2D eigenvalue weighted by atomic mass is 9.75. The van der Waals surface area contributed by atoms with Crippen LogP contribution in [0.4, 0.5) is 11.4 Å². The van der Waals surface area contributed by atoms with Gasteiger partial charge in [0.2, 0.25) is 17.7 Å². The van der Waals surface area contributed by atoms with Crippen molar-refractivity contribution >= 4 is 40.7 Å². The molecule has 2 aromatic carbocycles. The van der Waals surface area contributed by atoms with Gasteiger partial charge in [-0.1, -0.05) is 11.6 Å². The van der Waals surface area contributed by atoms with Crippen LogP contribution < -0.4 is 19.7 Å². The quantitative estimate of drug-likeness (QED) is 0.698. The van der Waals surface area contributed by atoms with Gasteiger partial charge in [0.1, 0.15) is 5.54 Å². The van der Waals surface area contributed by atoms with E-state index >= 15 is 0 Å². The van der Waals surface area contributed by atoms with Gasteiger partial charge in [-0.25, -0.2) is 4.90 Å². The third kappa shape index (κ3) is 2.42. The lowest BCUT2D eigenvalue weighted by Gasteiger charge is -2.36. The summed E-state index contributed by atoms with van der Waals surface area (Å²) in [7, 11) is 3.02. The third-order valence-electron chi connectivity index (χ3n) is 7.58. The minimum absolute atomic E-state index is 0.188. The van der Waals surface area contributed by atoms with Crippen molar-refractivity contribution in [2.24, 2.45) is 11.8 Å². The molecule has 4 aliphatic rings. The van der Waals surface area contributed by atoms with Crippen LogP contribution in [0.2, 0.25) is 5.02 Å². The molecule has 0 radical (unpaired) electrons. The van der Waals surface area contributed by atoms with Gasteiger partial charge in [-0.05, 0) is 49.7 Å². The van der Waals surface area contributed by atoms with Crippen LogP contribution in [0.25, 0.3) is 0 Å². The number of anilines is 2. The summed E-state index contributed by atoms with van der Waals surface area (Å²) in [5.74, 6) is -1.46. The zero-order chi connectivity index (χ0) is 23.1. The van der Waals surface area contributed by atoms with Crippen molar-refractivity contribution in [3.63, 3.8) is 0 Å². The molecule has 4 aliphatic heterocycles. The monoisotopic (exact) mass is 467 g/mol. The number of carbonyl (C=O) groups is 3. The maximum Gasteiger partial charge on any atom is 0.250 e. The molecular weight excluding hydrogens is 446 g/mol. The van der Waals surface area contributed by atoms with Gasteiger partial charge in [0, 0.05) is 28.4 Å². The summed E-state index contributed by atoms with van der Waals surface area (Å²) in [6.45, 7) is 0.647. The molecular formula is C24H22ClN3O5. The van der Waals surface area contributed by atoms with E-state index in [0.717, 1.165) is 12.8 Å². The number of amides is 3. The van der Waals surface area contributed by atoms with Gasteiger partial charge < -0.3 is 14.8 Å². The molecule has 4 unspecified atom stereocenters. The van der Waals surface area contributed by atoms with Gasteiger partial charge in [0.15, 0.2) is 11.5 Å². The zero-order valence-corrected chi connectivity index (χ0v) is 18.9. The maximum absolute atomic E-state index is 14.0. The normalized spacial score (nSPS) is 30.0. The summed E-state index contributed by atoms with van der Waals surface area (Å²) >= 11 is 6.32. The van der Waals surface area contributed by atoms with Crippen molar-refractivity contribution < 1.29 is 23.9 Å². The van der Waals surface area contributed by atoms with Gasteiger partial charge in [0.05, 0.1) is 31.7 Å². The Labute approximate surface area is 195 Å². The van der Waals surface area contributed by atoms with Gasteiger partial charge in [-0.3, -0.25) is 19.3 Å². The number of nitrogens with one attached hydrogen (secondary N) is 1. The van der Waals surface area contributed by atoms with Gasteiger partial charge >= 0.3 is 0 Å². The average molecular weight is 468 g/mol. The number of nitrogens with zero attached hydrogens (tertiary/aromatic N) is 2. The topological polar surface area (TPSA) is 88.2 Å².